The second-order valence-corrected chi connectivity index (χ2v) is 5.51. The summed E-state index contributed by atoms with van der Waals surface area (Å²) in [5, 5.41) is 0. The zero-order chi connectivity index (χ0) is 13.9. The van der Waals surface area contributed by atoms with Gasteiger partial charge in [-0.2, -0.15) is 0 Å². The Morgan fingerprint density at radius 2 is 1.79 bits per heavy atom. The van der Waals surface area contributed by atoms with Crippen molar-refractivity contribution in [3.8, 4) is 5.75 Å². The van der Waals surface area contributed by atoms with Gasteiger partial charge in [0.15, 0.2) is 0 Å². The summed E-state index contributed by atoms with van der Waals surface area (Å²) in [5.74, 6) is 0.908. The highest BCUT2D eigenvalue weighted by Gasteiger charge is 2.35. The van der Waals surface area contributed by atoms with Crippen LogP contribution in [0.2, 0.25) is 0 Å². The number of likely N-dealkylation sites (N-methyl/N-ethyl adjacent to an activating group) is 1. The Morgan fingerprint density at radius 1 is 1.21 bits per heavy atom. The Hall–Kier alpha value is -1.26. The topological polar surface area (TPSA) is 41.7 Å². The minimum absolute atomic E-state index is 0.170. The molecule has 0 radical (unpaired) electrons. The number of anilines is 1. The predicted molar refractivity (Wildman–Crippen MR) is 79.9 cm³/mol. The lowest BCUT2D eigenvalue weighted by Crippen LogP contribution is -2.57. The highest BCUT2D eigenvalue weighted by molar-refractivity contribution is 5.49. The van der Waals surface area contributed by atoms with Crippen LogP contribution in [0.3, 0.4) is 0 Å². The standard InChI is InChI=1S/C15H25N3O/c1-17(2)15(12-16)8-10-18(11-9-15)13-4-6-14(19-3)7-5-13/h4-7H,8-12,16H2,1-3H3. The van der Waals surface area contributed by atoms with Gasteiger partial charge in [-0.3, -0.25) is 0 Å². The second kappa shape index (κ2) is 5.80. The minimum atomic E-state index is 0.170. The van der Waals surface area contributed by atoms with Crippen molar-refractivity contribution in [2.24, 2.45) is 5.73 Å². The molecule has 2 rings (SSSR count). The van der Waals surface area contributed by atoms with Crippen LogP contribution >= 0.6 is 0 Å². The molecule has 1 aliphatic rings. The molecule has 0 saturated carbocycles. The van der Waals surface area contributed by atoms with Crippen molar-refractivity contribution in [1.82, 2.24) is 4.90 Å². The van der Waals surface area contributed by atoms with E-state index in [0.29, 0.717) is 0 Å². The maximum absolute atomic E-state index is 5.98. The molecule has 2 N–H and O–H groups in total. The van der Waals surface area contributed by atoms with E-state index >= 15 is 0 Å². The van der Waals surface area contributed by atoms with Gasteiger partial charge in [0.2, 0.25) is 0 Å². The molecule has 1 heterocycles. The fourth-order valence-electron chi connectivity index (χ4n) is 2.81. The summed E-state index contributed by atoms with van der Waals surface area (Å²) in [6.45, 7) is 2.85. The van der Waals surface area contributed by atoms with Crippen LogP contribution in [0, 0.1) is 0 Å². The van der Waals surface area contributed by atoms with E-state index in [9.17, 15) is 0 Å². The molecular formula is C15H25N3O. The van der Waals surface area contributed by atoms with Gasteiger partial charge in [0, 0.05) is 30.9 Å². The maximum Gasteiger partial charge on any atom is 0.119 e. The number of rotatable bonds is 4. The van der Waals surface area contributed by atoms with Crippen molar-refractivity contribution in [3.05, 3.63) is 24.3 Å². The zero-order valence-electron chi connectivity index (χ0n) is 12.2. The quantitative estimate of drug-likeness (QED) is 0.895. The van der Waals surface area contributed by atoms with E-state index in [2.05, 4.69) is 36.0 Å². The van der Waals surface area contributed by atoms with Gasteiger partial charge in [0.25, 0.3) is 0 Å². The molecule has 1 saturated heterocycles. The highest BCUT2D eigenvalue weighted by Crippen LogP contribution is 2.29. The number of piperidine rings is 1. The number of benzene rings is 1. The Morgan fingerprint density at radius 3 is 2.21 bits per heavy atom. The Bertz CT molecular complexity index is 394. The fourth-order valence-corrected chi connectivity index (χ4v) is 2.81. The summed E-state index contributed by atoms with van der Waals surface area (Å²) in [7, 11) is 5.97. The van der Waals surface area contributed by atoms with E-state index in [0.717, 1.165) is 38.2 Å². The zero-order valence-corrected chi connectivity index (χ0v) is 12.2. The fraction of sp³-hybridized carbons (Fsp3) is 0.600. The molecule has 0 amide bonds. The van der Waals surface area contributed by atoms with Crippen LogP contribution < -0.4 is 15.4 Å². The average Bonchev–Trinajstić information content (AvgIpc) is 2.47. The van der Waals surface area contributed by atoms with Gasteiger partial charge < -0.3 is 20.3 Å². The molecule has 0 spiro atoms. The first-order valence-electron chi connectivity index (χ1n) is 6.88. The molecule has 19 heavy (non-hydrogen) atoms. The summed E-state index contributed by atoms with van der Waals surface area (Å²) >= 11 is 0. The molecule has 0 bridgehead atoms. The molecule has 1 fully saturated rings. The molecule has 1 aromatic rings. The van der Waals surface area contributed by atoms with Crippen molar-refractivity contribution >= 4 is 5.69 Å². The summed E-state index contributed by atoms with van der Waals surface area (Å²) in [6, 6.07) is 8.30. The normalized spacial score (nSPS) is 18.7. The Labute approximate surface area is 116 Å². The largest absolute Gasteiger partial charge is 0.497 e. The first-order chi connectivity index (χ1) is 9.11. The molecule has 106 valence electrons. The van der Waals surface area contributed by atoms with Crippen LogP contribution in [-0.2, 0) is 0 Å². The second-order valence-electron chi connectivity index (χ2n) is 5.51. The SMILES string of the molecule is COc1ccc(N2CCC(CN)(N(C)C)CC2)cc1. The van der Waals surface area contributed by atoms with Crippen molar-refractivity contribution in [2.45, 2.75) is 18.4 Å². The van der Waals surface area contributed by atoms with Crippen LogP contribution in [0.4, 0.5) is 5.69 Å². The Kier molecular flexibility index (Phi) is 4.32. The van der Waals surface area contributed by atoms with Gasteiger partial charge in [0.1, 0.15) is 5.75 Å². The summed E-state index contributed by atoms with van der Waals surface area (Å²) in [4.78, 5) is 4.72. The first kappa shape index (κ1) is 14.2. The van der Waals surface area contributed by atoms with E-state index in [-0.39, 0.29) is 5.54 Å². The van der Waals surface area contributed by atoms with Gasteiger partial charge in [0.05, 0.1) is 7.11 Å². The highest BCUT2D eigenvalue weighted by atomic mass is 16.5. The molecule has 0 unspecified atom stereocenters. The Balaban J connectivity index is 2.02. The van der Waals surface area contributed by atoms with Gasteiger partial charge >= 0.3 is 0 Å². The van der Waals surface area contributed by atoms with Crippen LogP contribution in [0.25, 0.3) is 0 Å². The predicted octanol–water partition coefficient (Wildman–Crippen LogP) is 1.55. The molecule has 0 aromatic heterocycles. The number of methoxy groups -OCH3 is 1. The number of nitrogens with two attached hydrogens (primary N) is 1. The number of hydrogen-bond donors (Lipinski definition) is 1. The third-order valence-corrected chi connectivity index (χ3v) is 4.46. The molecule has 4 heteroatoms. The molecule has 0 atom stereocenters. The van der Waals surface area contributed by atoms with Gasteiger partial charge in [-0.1, -0.05) is 0 Å². The van der Waals surface area contributed by atoms with E-state index in [1.165, 1.54) is 5.69 Å². The first-order valence-corrected chi connectivity index (χ1v) is 6.88. The van der Waals surface area contributed by atoms with Crippen molar-refractivity contribution in [3.63, 3.8) is 0 Å². The third-order valence-electron chi connectivity index (χ3n) is 4.46. The van der Waals surface area contributed by atoms with Crippen LogP contribution in [0.15, 0.2) is 24.3 Å². The lowest BCUT2D eigenvalue weighted by atomic mass is 9.86. The van der Waals surface area contributed by atoms with E-state index in [4.69, 9.17) is 10.5 Å². The van der Waals surface area contributed by atoms with E-state index in [1.54, 1.807) is 7.11 Å². The lowest BCUT2D eigenvalue weighted by Gasteiger charge is -2.46. The lowest BCUT2D eigenvalue weighted by molar-refractivity contribution is 0.125. The monoisotopic (exact) mass is 263 g/mol. The van der Waals surface area contributed by atoms with Crippen molar-refractivity contribution in [1.29, 1.82) is 0 Å². The molecule has 1 aromatic carbocycles. The molecule has 0 aliphatic carbocycles. The summed E-state index contributed by atoms with van der Waals surface area (Å²) in [6.07, 6.45) is 2.23. The third kappa shape index (κ3) is 2.85. The van der Waals surface area contributed by atoms with Crippen LogP contribution in [0.5, 0.6) is 5.75 Å². The van der Waals surface area contributed by atoms with Gasteiger partial charge in [-0.25, -0.2) is 0 Å². The maximum atomic E-state index is 5.98. The van der Waals surface area contributed by atoms with Crippen LogP contribution in [0.1, 0.15) is 12.8 Å². The van der Waals surface area contributed by atoms with E-state index in [1.807, 2.05) is 12.1 Å². The smallest absolute Gasteiger partial charge is 0.119 e. The minimum Gasteiger partial charge on any atom is -0.497 e. The molecule has 4 nitrogen and oxygen atoms in total. The van der Waals surface area contributed by atoms with E-state index < -0.39 is 0 Å². The average molecular weight is 263 g/mol. The van der Waals surface area contributed by atoms with Gasteiger partial charge in [-0.15, -0.1) is 0 Å². The number of ether oxygens (including phenoxy) is 1. The summed E-state index contributed by atoms with van der Waals surface area (Å²) < 4.78 is 5.20. The van der Waals surface area contributed by atoms with Crippen molar-refractivity contribution in [2.75, 3.05) is 45.7 Å². The molecular weight excluding hydrogens is 238 g/mol. The molecule has 1 aliphatic heterocycles. The van der Waals surface area contributed by atoms with Crippen LogP contribution in [-0.4, -0.2) is 51.3 Å². The summed E-state index contributed by atoms with van der Waals surface area (Å²) in [5.41, 5.74) is 7.42. The van der Waals surface area contributed by atoms with Gasteiger partial charge in [-0.05, 0) is 51.2 Å². The number of nitrogens with zero attached hydrogens (tertiary/aromatic N) is 2. The number of hydrogen-bond acceptors (Lipinski definition) is 4. The van der Waals surface area contributed by atoms with Crippen molar-refractivity contribution < 1.29 is 4.74 Å².